The van der Waals surface area contributed by atoms with E-state index in [1.165, 1.54) is 10.8 Å². The molecule has 1 aromatic heterocycles. The van der Waals surface area contributed by atoms with Gasteiger partial charge in [0.25, 0.3) is 0 Å². The number of epoxide rings is 1. The van der Waals surface area contributed by atoms with Crippen molar-refractivity contribution in [2.24, 2.45) is 0 Å². The average Bonchev–Trinajstić information content (AvgIpc) is 2.81. The highest BCUT2D eigenvalue weighted by molar-refractivity contribution is 6.30. The van der Waals surface area contributed by atoms with E-state index in [1.807, 2.05) is 0 Å². The highest BCUT2D eigenvalue weighted by atomic mass is 35.5. The number of ether oxygens (including phenoxy) is 1. The Balaban J connectivity index is 2.27. The monoisotopic (exact) mass is 186 g/mol. The van der Waals surface area contributed by atoms with Gasteiger partial charge < -0.3 is 4.74 Å². The third kappa shape index (κ3) is 1.65. The minimum atomic E-state index is -0.282. The highest BCUT2D eigenvalue weighted by Gasteiger charge is 2.23. The molecule has 64 valence electrons. The minimum absolute atomic E-state index is 0.169. The molecule has 0 saturated carbocycles. The molecule has 2 rings (SSSR count). The molecule has 0 spiro atoms. The third-order valence-corrected chi connectivity index (χ3v) is 1.82. The van der Waals surface area contributed by atoms with E-state index in [0.29, 0.717) is 11.6 Å². The Hall–Kier alpha value is -0.870. The molecule has 1 fully saturated rings. The van der Waals surface area contributed by atoms with Crippen molar-refractivity contribution in [2.75, 3.05) is 6.61 Å². The van der Waals surface area contributed by atoms with E-state index in [2.05, 4.69) is 4.98 Å². The highest BCUT2D eigenvalue weighted by Crippen LogP contribution is 2.11. The number of hydrogen-bond acceptors (Lipinski definition) is 3. The number of rotatable bonds is 2. The van der Waals surface area contributed by atoms with Gasteiger partial charge in [-0.1, -0.05) is 11.6 Å². The van der Waals surface area contributed by atoms with Crippen molar-refractivity contribution in [1.29, 1.82) is 0 Å². The van der Waals surface area contributed by atoms with Gasteiger partial charge in [-0.25, -0.2) is 9.78 Å². The molecule has 1 aliphatic heterocycles. The first-order chi connectivity index (χ1) is 5.75. The first-order valence-corrected chi connectivity index (χ1v) is 3.97. The second-order valence-corrected chi connectivity index (χ2v) is 3.10. The normalized spacial score (nSPS) is 20.9. The predicted molar refractivity (Wildman–Crippen MR) is 43.2 cm³/mol. The molecule has 0 amide bonds. The lowest BCUT2D eigenvalue weighted by atomic mass is 10.4. The van der Waals surface area contributed by atoms with Crippen LogP contribution in [-0.4, -0.2) is 22.3 Å². The molecule has 5 heteroatoms. The van der Waals surface area contributed by atoms with Gasteiger partial charge in [-0.15, -0.1) is 0 Å². The quantitative estimate of drug-likeness (QED) is 0.624. The summed E-state index contributed by atoms with van der Waals surface area (Å²) in [6.45, 7) is 1.27. The Labute approximate surface area is 73.7 Å². The molecule has 0 unspecified atom stereocenters. The second-order valence-electron chi connectivity index (χ2n) is 2.66. The van der Waals surface area contributed by atoms with Crippen LogP contribution in [0.5, 0.6) is 0 Å². The molecule has 0 bridgehead atoms. The van der Waals surface area contributed by atoms with Crippen molar-refractivity contribution in [3.63, 3.8) is 0 Å². The van der Waals surface area contributed by atoms with Crippen LogP contribution in [0, 0.1) is 0 Å². The van der Waals surface area contributed by atoms with Crippen molar-refractivity contribution in [3.05, 3.63) is 27.9 Å². The molecule has 0 N–H and O–H groups in total. The summed E-state index contributed by atoms with van der Waals surface area (Å²) in [5.74, 6) is 0. The van der Waals surface area contributed by atoms with Crippen LogP contribution in [0.1, 0.15) is 0 Å². The molecular formula is C7H7ClN2O2. The van der Waals surface area contributed by atoms with Gasteiger partial charge in [-0.2, -0.15) is 0 Å². The van der Waals surface area contributed by atoms with Crippen LogP contribution in [0.2, 0.25) is 5.02 Å². The summed E-state index contributed by atoms with van der Waals surface area (Å²) in [6.07, 6.45) is 3.08. The van der Waals surface area contributed by atoms with Crippen LogP contribution in [0.3, 0.4) is 0 Å². The maximum absolute atomic E-state index is 11.1. The summed E-state index contributed by atoms with van der Waals surface area (Å²) in [7, 11) is 0. The lowest BCUT2D eigenvalue weighted by Crippen LogP contribution is -2.23. The fourth-order valence-corrected chi connectivity index (χ4v) is 1.12. The lowest BCUT2D eigenvalue weighted by Gasteiger charge is -2.00. The maximum Gasteiger partial charge on any atom is 0.347 e. The van der Waals surface area contributed by atoms with E-state index in [4.69, 9.17) is 16.3 Å². The van der Waals surface area contributed by atoms with E-state index >= 15 is 0 Å². The fraction of sp³-hybridized carbons (Fsp3) is 0.429. The zero-order valence-corrected chi connectivity index (χ0v) is 6.99. The van der Waals surface area contributed by atoms with Gasteiger partial charge >= 0.3 is 5.69 Å². The van der Waals surface area contributed by atoms with Crippen molar-refractivity contribution < 1.29 is 4.74 Å². The molecule has 0 radical (unpaired) electrons. The smallest absolute Gasteiger partial charge is 0.347 e. The number of hydrogen-bond donors (Lipinski definition) is 0. The van der Waals surface area contributed by atoms with E-state index in [-0.39, 0.29) is 11.8 Å². The summed E-state index contributed by atoms with van der Waals surface area (Å²) in [6, 6.07) is 0. The molecule has 12 heavy (non-hydrogen) atoms. The van der Waals surface area contributed by atoms with Crippen LogP contribution >= 0.6 is 11.6 Å². The van der Waals surface area contributed by atoms with Crippen LogP contribution in [0.25, 0.3) is 0 Å². The van der Waals surface area contributed by atoms with Gasteiger partial charge in [-0.3, -0.25) is 4.57 Å². The topological polar surface area (TPSA) is 47.4 Å². The van der Waals surface area contributed by atoms with E-state index in [0.717, 1.165) is 6.61 Å². The summed E-state index contributed by atoms with van der Waals surface area (Å²) in [5, 5.41) is 0.468. The second kappa shape index (κ2) is 2.88. The molecule has 0 aliphatic carbocycles. The van der Waals surface area contributed by atoms with Gasteiger partial charge in [0.1, 0.15) is 0 Å². The van der Waals surface area contributed by atoms with Gasteiger partial charge in [-0.05, 0) is 0 Å². The van der Waals surface area contributed by atoms with Crippen molar-refractivity contribution in [2.45, 2.75) is 12.6 Å². The largest absolute Gasteiger partial charge is 0.371 e. The first-order valence-electron chi connectivity index (χ1n) is 3.59. The average molecular weight is 187 g/mol. The standard InChI is InChI=1S/C7H7ClN2O2/c8-5-1-9-7(11)10(2-5)3-6-4-12-6/h1-2,6H,3-4H2/t6-/m1/s1. The molecule has 1 aliphatic rings. The van der Waals surface area contributed by atoms with Crippen LogP contribution < -0.4 is 5.69 Å². The van der Waals surface area contributed by atoms with Crippen molar-refractivity contribution in [1.82, 2.24) is 9.55 Å². The van der Waals surface area contributed by atoms with Crippen molar-refractivity contribution in [3.8, 4) is 0 Å². The Kier molecular flexibility index (Phi) is 1.86. The number of halogens is 1. The number of nitrogens with zero attached hydrogens (tertiary/aromatic N) is 2. The van der Waals surface area contributed by atoms with E-state index in [9.17, 15) is 4.79 Å². The van der Waals surface area contributed by atoms with Gasteiger partial charge in [0.15, 0.2) is 0 Å². The molecule has 0 aromatic carbocycles. The van der Waals surface area contributed by atoms with Crippen LogP contribution in [0.4, 0.5) is 0 Å². The van der Waals surface area contributed by atoms with Gasteiger partial charge in [0.05, 0.1) is 30.5 Å². The SMILES string of the molecule is O=c1ncc(Cl)cn1C[C@@H]1CO1. The Morgan fingerprint density at radius 1 is 1.83 bits per heavy atom. The van der Waals surface area contributed by atoms with E-state index in [1.54, 1.807) is 6.20 Å². The number of aromatic nitrogens is 2. The Bertz CT molecular complexity index is 346. The summed E-state index contributed by atoms with van der Waals surface area (Å²) < 4.78 is 6.44. The third-order valence-electron chi connectivity index (χ3n) is 1.63. The molecule has 1 saturated heterocycles. The van der Waals surface area contributed by atoms with Crippen LogP contribution in [-0.2, 0) is 11.3 Å². The fourth-order valence-electron chi connectivity index (χ4n) is 0.952. The first kappa shape index (κ1) is 7.76. The molecular weight excluding hydrogens is 180 g/mol. The Morgan fingerprint density at radius 2 is 2.58 bits per heavy atom. The zero-order valence-electron chi connectivity index (χ0n) is 6.24. The lowest BCUT2D eigenvalue weighted by molar-refractivity contribution is 0.379. The predicted octanol–water partition coefficient (Wildman–Crippen LogP) is 0.295. The molecule has 2 heterocycles. The van der Waals surface area contributed by atoms with E-state index < -0.39 is 0 Å². The van der Waals surface area contributed by atoms with Gasteiger partial charge in [0, 0.05) is 6.20 Å². The Morgan fingerprint density at radius 3 is 3.25 bits per heavy atom. The minimum Gasteiger partial charge on any atom is -0.371 e. The summed E-state index contributed by atoms with van der Waals surface area (Å²) in [5.41, 5.74) is -0.282. The van der Waals surface area contributed by atoms with Crippen molar-refractivity contribution >= 4 is 11.6 Å². The molecule has 1 atom stereocenters. The maximum atomic E-state index is 11.1. The molecule has 1 aromatic rings. The van der Waals surface area contributed by atoms with Crippen LogP contribution in [0.15, 0.2) is 17.2 Å². The summed E-state index contributed by atoms with van der Waals surface area (Å²) >= 11 is 5.66. The summed E-state index contributed by atoms with van der Waals surface area (Å²) in [4.78, 5) is 14.7. The van der Waals surface area contributed by atoms with Gasteiger partial charge in [0.2, 0.25) is 0 Å². The zero-order chi connectivity index (χ0) is 8.55. The molecule has 4 nitrogen and oxygen atoms in total.